The maximum absolute atomic E-state index is 12.6. The molecule has 4 aromatic rings. The van der Waals surface area contributed by atoms with Crippen LogP contribution >= 0.6 is 0 Å². The maximum atomic E-state index is 12.6. The first-order valence-electron chi connectivity index (χ1n) is 10.1. The van der Waals surface area contributed by atoms with Crippen LogP contribution in [-0.4, -0.2) is 16.2 Å². The first kappa shape index (κ1) is 29.4. The van der Waals surface area contributed by atoms with Gasteiger partial charge in [0.2, 0.25) is 0 Å². The second-order valence-corrected chi connectivity index (χ2v) is 7.21. The van der Waals surface area contributed by atoms with E-state index < -0.39 is 0 Å². The molecular weight excluding hydrogens is 494 g/mol. The van der Waals surface area contributed by atoms with Crippen molar-refractivity contribution in [1.82, 2.24) is 9.13 Å². The van der Waals surface area contributed by atoms with Crippen LogP contribution in [0.1, 0.15) is 0 Å². The summed E-state index contributed by atoms with van der Waals surface area (Å²) in [6, 6.07) is 13.3. The summed E-state index contributed by atoms with van der Waals surface area (Å²) in [6.07, 6.45) is 7.64. The van der Waals surface area contributed by atoms with E-state index in [2.05, 4.69) is 20.5 Å². The number of aryl methyl sites for hydroxylation is 4. The average molecular weight is 521 g/mol. The molecule has 2 aromatic heterocycles. The molecule has 0 unspecified atom stereocenters. The topological polar surface area (TPSA) is 76.3 Å². The number of ether oxygens (including phenoxy) is 1. The molecular formula is C23H27Cl2FN8O. The minimum absolute atomic E-state index is 0. The largest absolute Gasteiger partial charge is 1.00 e. The van der Waals surface area contributed by atoms with Crippen molar-refractivity contribution < 1.29 is 43.1 Å². The molecule has 0 spiro atoms. The minimum Gasteiger partial charge on any atom is -1.00 e. The summed E-state index contributed by atoms with van der Waals surface area (Å²) in [5.41, 5.74) is 1.43. The molecule has 35 heavy (non-hydrogen) atoms. The predicted molar refractivity (Wildman–Crippen MR) is 121 cm³/mol. The van der Waals surface area contributed by atoms with Crippen LogP contribution in [0.3, 0.4) is 0 Å². The summed E-state index contributed by atoms with van der Waals surface area (Å²) in [5.74, 6) is 2.06. The number of imidazole rings is 2. The average Bonchev–Trinajstić information content (AvgIpc) is 3.32. The number of methoxy groups -OCH3 is 1. The molecule has 0 aliphatic heterocycles. The summed E-state index contributed by atoms with van der Waals surface area (Å²) in [6.45, 7) is 0. The molecule has 0 saturated carbocycles. The number of azo groups is 2. The molecule has 9 nitrogen and oxygen atoms in total. The predicted octanol–water partition coefficient (Wildman–Crippen LogP) is -1.31. The van der Waals surface area contributed by atoms with Gasteiger partial charge in [0.1, 0.15) is 22.9 Å². The van der Waals surface area contributed by atoms with Gasteiger partial charge in [-0.3, -0.25) is 0 Å². The molecule has 2 aromatic carbocycles. The zero-order chi connectivity index (χ0) is 23.8. The van der Waals surface area contributed by atoms with Gasteiger partial charge in [-0.2, -0.15) is 0 Å². The van der Waals surface area contributed by atoms with Crippen molar-refractivity contribution in [1.29, 1.82) is 0 Å². The fourth-order valence-corrected chi connectivity index (χ4v) is 2.81. The van der Waals surface area contributed by atoms with Gasteiger partial charge in [-0.05, 0) is 48.5 Å². The molecule has 0 aliphatic rings. The van der Waals surface area contributed by atoms with Crippen molar-refractivity contribution in [2.24, 2.45) is 48.6 Å². The number of rotatable bonds is 5. The summed E-state index contributed by atoms with van der Waals surface area (Å²) in [7, 11) is 9.28. The first-order valence-corrected chi connectivity index (χ1v) is 10.1. The van der Waals surface area contributed by atoms with Crippen molar-refractivity contribution in [3.63, 3.8) is 0 Å². The second-order valence-electron chi connectivity index (χ2n) is 7.21. The normalized spacial score (nSPS) is 10.5. The first-order chi connectivity index (χ1) is 15.9. The fraction of sp³-hybridized carbons (Fsp3) is 0.217. The van der Waals surface area contributed by atoms with E-state index in [1.807, 2.05) is 95.5 Å². The fourth-order valence-electron chi connectivity index (χ4n) is 2.81. The molecule has 12 heteroatoms. The molecule has 0 saturated heterocycles. The Labute approximate surface area is 216 Å². The van der Waals surface area contributed by atoms with E-state index in [0.717, 1.165) is 23.3 Å². The number of hydrogen-bond donors (Lipinski definition) is 0. The summed E-state index contributed by atoms with van der Waals surface area (Å²) < 4.78 is 25.3. The van der Waals surface area contributed by atoms with Crippen molar-refractivity contribution in [3.05, 3.63) is 79.1 Å². The summed E-state index contributed by atoms with van der Waals surface area (Å²) in [4.78, 5) is 0. The van der Waals surface area contributed by atoms with E-state index >= 15 is 0 Å². The molecule has 0 atom stereocenters. The van der Waals surface area contributed by atoms with E-state index in [4.69, 9.17) is 4.74 Å². The zero-order valence-electron chi connectivity index (χ0n) is 20.0. The van der Waals surface area contributed by atoms with Gasteiger partial charge in [0.05, 0.1) is 60.1 Å². The second kappa shape index (κ2) is 13.9. The molecule has 0 radical (unpaired) electrons. The summed E-state index contributed by atoms with van der Waals surface area (Å²) in [5, 5.41) is 16.5. The van der Waals surface area contributed by atoms with Gasteiger partial charge in [-0.25, -0.2) is 22.7 Å². The highest BCUT2D eigenvalue weighted by Gasteiger charge is 2.11. The SMILES string of the molecule is COc1ccc(N=Nc2n(C)cc[n+]2C)cc1.Cn1cc[n+](C)c1N=Nc1ccc(F)cc1.[Cl-].[Cl-]. The van der Waals surface area contributed by atoms with Gasteiger partial charge in [-0.1, -0.05) is 10.2 Å². The zero-order valence-corrected chi connectivity index (χ0v) is 21.6. The van der Waals surface area contributed by atoms with E-state index in [0.29, 0.717) is 5.69 Å². The third-order valence-electron chi connectivity index (χ3n) is 4.70. The molecule has 0 amide bonds. The number of hydrogen-bond acceptors (Lipinski definition) is 5. The Morgan fingerprint density at radius 1 is 0.686 bits per heavy atom. The van der Waals surface area contributed by atoms with Gasteiger partial charge in [0, 0.05) is 10.2 Å². The number of benzene rings is 2. The van der Waals surface area contributed by atoms with Crippen LogP contribution < -0.4 is 38.7 Å². The van der Waals surface area contributed by atoms with Crippen molar-refractivity contribution >= 4 is 23.3 Å². The molecule has 2 heterocycles. The van der Waals surface area contributed by atoms with Crippen molar-refractivity contribution in [2.45, 2.75) is 0 Å². The standard InChI is InChI=1S/C12H15N4O.C11H12FN4.2ClH/c1-15-8-9-16(2)12(15)14-13-10-4-6-11(17-3)7-5-10;1-15-7-8-16(2)11(15)14-13-10-5-3-9(12)4-6-10;;/h4-9H,1-3H3;3-8H,1-2H3;2*1H/q2*+1;;/p-2. The highest BCUT2D eigenvalue weighted by molar-refractivity contribution is 5.40. The smallest absolute Gasteiger partial charge is 0.421 e. The van der Waals surface area contributed by atoms with Crippen LogP contribution in [0, 0.1) is 5.82 Å². The van der Waals surface area contributed by atoms with Crippen LogP contribution in [0.2, 0.25) is 0 Å². The van der Waals surface area contributed by atoms with Crippen molar-refractivity contribution in [3.8, 4) is 5.75 Å². The highest BCUT2D eigenvalue weighted by Crippen LogP contribution is 2.19. The maximum Gasteiger partial charge on any atom is 0.421 e. The molecule has 0 N–H and O–H groups in total. The quantitative estimate of drug-likeness (QED) is 0.237. The highest BCUT2D eigenvalue weighted by atomic mass is 35.5. The molecule has 4 rings (SSSR count). The third kappa shape index (κ3) is 8.27. The lowest BCUT2D eigenvalue weighted by Gasteiger charge is -1.96. The van der Waals surface area contributed by atoms with Crippen LogP contribution in [0.4, 0.5) is 27.7 Å². The lowest BCUT2D eigenvalue weighted by molar-refractivity contribution is -0.657. The van der Waals surface area contributed by atoms with Crippen LogP contribution in [0.15, 0.2) is 93.8 Å². The van der Waals surface area contributed by atoms with Gasteiger partial charge in [0.15, 0.2) is 0 Å². The molecule has 0 aliphatic carbocycles. The van der Waals surface area contributed by atoms with Gasteiger partial charge in [-0.15, -0.1) is 0 Å². The summed E-state index contributed by atoms with van der Waals surface area (Å²) >= 11 is 0. The van der Waals surface area contributed by atoms with Gasteiger partial charge < -0.3 is 29.6 Å². The van der Waals surface area contributed by atoms with Crippen molar-refractivity contribution in [2.75, 3.05) is 7.11 Å². The van der Waals surface area contributed by atoms with E-state index in [9.17, 15) is 4.39 Å². The molecule has 0 fully saturated rings. The third-order valence-corrected chi connectivity index (χ3v) is 4.70. The molecule has 186 valence electrons. The van der Waals surface area contributed by atoms with E-state index in [-0.39, 0.29) is 30.6 Å². The number of halogens is 3. The monoisotopic (exact) mass is 520 g/mol. The Kier molecular flexibility index (Phi) is 11.7. The Morgan fingerprint density at radius 2 is 1.09 bits per heavy atom. The van der Waals surface area contributed by atoms with E-state index in [1.54, 1.807) is 19.2 Å². The van der Waals surface area contributed by atoms with Gasteiger partial charge >= 0.3 is 11.9 Å². The Bertz CT molecular complexity index is 1210. The number of aromatic nitrogens is 4. The van der Waals surface area contributed by atoms with Crippen LogP contribution in [0.25, 0.3) is 0 Å². The van der Waals surface area contributed by atoms with Crippen LogP contribution in [0.5, 0.6) is 5.75 Å². The van der Waals surface area contributed by atoms with Gasteiger partial charge in [0.25, 0.3) is 0 Å². The minimum atomic E-state index is -0.275. The lowest BCUT2D eigenvalue weighted by Crippen LogP contribution is -3.00. The number of nitrogens with zero attached hydrogens (tertiary/aromatic N) is 8. The molecule has 0 bridgehead atoms. The Morgan fingerprint density at radius 3 is 1.43 bits per heavy atom. The Balaban J connectivity index is 0.000000332. The Hall–Kier alpha value is -3.63. The van der Waals surface area contributed by atoms with Crippen LogP contribution in [-0.2, 0) is 28.2 Å². The van der Waals surface area contributed by atoms with E-state index in [1.165, 1.54) is 12.1 Å². The lowest BCUT2D eigenvalue weighted by atomic mass is 10.3.